The molecule has 4 heteroatoms. The number of piperidine rings is 1. The molecule has 1 amide bonds. The maximum Gasteiger partial charge on any atom is 0.267 e. The number of rotatable bonds is 2. The van der Waals surface area contributed by atoms with Gasteiger partial charge in [0.25, 0.3) is 5.91 Å². The van der Waals surface area contributed by atoms with Gasteiger partial charge in [0.05, 0.1) is 0 Å². The molecule has 1 atom stereocenters. The van der Waals surface area contributed by atoms with E-state index >= 15 is 0 Å². The number of carbonyl (C=O) groups excluding carboxylic acids is 1. The number of aryl methyl sites for hydroxylation is 2. The lowest BCUT2D eigenvalue weighted by atomic mass is 10.1. The Labute approximate surface area is 118 Å². The highest BCUT2D eigenvalue weighted by atomic mass is 16.1. The average molecular weight is 271 g/mol. The van der Waals surface area contributed by atoms with Gasteiger partial charge in [0.2, 0.25) is 0 Å². The van der Waals surface area contributed by atoms with Gasteiger partial charge in [-0.1, -0.05) is 6.07 Å². The third kappa shape index (κ3) is 2.56. The normalized spacial score (nSPS) is 19.2. The first-order valence-electron chi connectivity index (χ1n) is 7.25. The van der Waals surface area contributed by atoms with E-state index in [1.54, 1.807) is 0 Å². The van der Waals surface area contributed by atoms with Crippen molar-refractivity contribution < 1.29 is 4.79 Å². The van der Waals surface area contributed by atoms with Gasteiger partial charge in [-0.05, 0) is 56.5 Å². The minimum atomic E-state index is -0.00745. The van der Waals surface area contributed by atoms with E-state index in [9.17, 15) is 4.79 Å². The fraction of sp³-hybridized carbons (Fsp3) is 0.438. The van der Waals surface area contributed by atoms with Crippen LogP contribution in [0.4, 0.5) is 0 Å². The van der Waals surface area contributed by atoms with Crippen LogP contribution < -0.4 is 10.6 Å². The number of amides is 1. The van der Waals surface area contributed by atoms with Crippen LogP contribution >= 0.6 is 0 Å². The number of H-pyrrole nitrogens is 1. The molecule has 1 aliphatic heterocycles. The fourth-order valence-corrected chi connectivity index (χ4v) is 2.96. The maximum absolute atomic E-state index is 12.3. The van der Waals surface area contributed by atoms with Crippen molar-refractivity contribution in [1.82, 2.24) is 15.6 Å². The lowest BCUT2D eigenvalue weighted by Gasteiger charge is -2.23. The Morgan fingerprint density at radius 1 is 1.30 bits per heavy atom. The number of carbonyl (C=O) groups is 1. The number of aromatic amines is 1. The summed E-state index contributed by atoms with van der Waals surface area (Å²) in [5, 5.41) is 7.53. The standard InChI is InChI=1S/C16H21N3O/c1-10-6-11(2)13-8-15(19-14(13)7-10)16(20)18-12-4-3-5-17-9-12/h6-8,12,17,19H,3-5,9H2,1-2H3,(H,18,20)/t12-/m1/s1. The van der Waals surface area contributed by atoms with E-state index in [4.69, 9.17) is 0 Å². The van der Waals surface area contributed by atoms with Crippen LogP contribution in [0.15, 0.2) is 18.2 Å². The van der Waals surface area contributed by atoms with Crippen LogP contribution in [0.2, 0.25) is 0 Å². The molecule has 106 valence electrons. The minimum absolute atomic E-state index is 0.00745. The highest BCUT2D eigenvalue weighted by Gasteiger charge is 2.17. The summed E-state index contributed by atoms with van der Waals surface area (Å²) in [6.45, 7) is 6.07. The quantitative estimate of drug-likeness (QED) is 0.785. The highest BCUT2D eigenvalue weighted by molar-refractivity contribution is 5.99. The number of nitrogens with one attached hydrogen (secondary N) is 3. The van der Waals surface area contributed by atoms with Gasteiger partial charge in [0.15, 0.2) is 0 Å². The molecule has 1 fully saturated rings. The first-order chi connectivity index (χ1) is 9.63. The summed E-state index contributed by atoms with van der Waals surface area (Å²) in [6.07, 6.45) is 2.17. The van der Waals surface area contributed by atoms with Crippen molar-refractivity contribution in [3.8, 4) is 0 Å². The van der Waals surface area contributed by atoms with Gasteiger partial charge in [0.1, 0.15) is 5.69 Å². The second-order valence-electron chi connectivity index (χ2n) is 5.74. The number of hydrogen-bond acceptors (Lipinski definition) is 2. The van der Waals surface area contributed by atoms with Crippen LogP contribution in [0.5, 0.6) is 0 Å². The van der Waals surface area contributed by atoms with Gasteiger partial charge < -0.3 is 15.6 Å². The van der Waals surface area contributed by atoms with Gasteiger partial charge in [-0.3, -0.25) is 4.79 Å². The molecule has 2 heterocycles. The monoisotopic (exact) mass is 271 g/mol. The summed E-state index contributed by atoms with van der Waals surface area (Å²) in [6, 6.07) is 6.42. The van der Waals surface area contributed by atoms with Crippen LogP contribution in [-0.4, -0.2) is 30.0 Å². The summed E-state index contributed by atoms with van der Waals surface area (Å²) in [4.78, 5) is 15.5. The molecule has 0 aliphatic carbocycles. The zero-order chi connectivity index (χ0) is 14.1. The molecule has 1 aliphatic rings. The fourth-order valence-electron chi connectivity index (χ4n) is 2.96. The van der Waals surface area contributed by atoms with Crippen molar-refractivity contribution in [1.29, 1.82) is 0 Å². The molecule has 3 rings (SSSR count). The van der Waals surface area contributed by atoms with Crippen molar-refractivity contribution in [3.63, 3.8) is 0 Å². The van der Waals surface area contributed by atoms with Crippen LogP contribution in [0.25, 0.3) is 10.9 Å². The van der Waals surface area contributed by atoms with Crippen molar-refractivity contribution in [3.05, 3.63) is 35.0 Å². The van der Waals surface area contributed by atoms with E-state index in [-0.39, 0.29) is 11.9 Å². The largest absolute Gasteiger partial charge is 0.351 e. The third-order valence-corrected chi connectivity index (χ3v) is 3.97. The lowest BCUT2D eigenvalue weighted by Crippen LogP contribution is -2.45. The Bertz CT molecular complexity index is 638. The highest BCUT2D eigenvalue weighted by Crippen LogP contribution is 2.21. The molecule has 1 saturated heterocycles. The predicted molar refractivity (Wildman–Crippen MR) is 81.1 cm³/mol. The number of fused-ring (bicyclic) bond motifs is 1. The van der Waals surface area contributed by atoms with E-state index in [0.29, 0.717) is 5.69 Å². The lowest BCUT2D eigenvalue weighted by molar-refractivity contribution is 0.0926. The first-order valence-corrected chi connectivity index (χ1v) is 7.25. The molecule has 1 aromatic heterocycles. The van der Waals surface area contributed by atoms with Crippen molar-refractivity contribution in [2.24, 2.45) is 0 Å². The molecule has 0 bridgehead atoms. The number of aromatic nitrogens is 1. The molecule has 3 N–H and O–H groups in total. The zero-order valence-corrected chi connectivity index (χ0v) is 12.0. The molecule has 0 spiro atoms. The SMILES string of the molecule is Cc1cc(C)c2cc(C(=O)N[C@@H]3CCCNC3)[nH]c2c1. The van der Waals surface area contributed by atoms with E-state index in [0.717, 1.165) is 36.8 Å². The number of benzene rings is 1. The molecule has 0 saturated carbocycles. The smallest absolute Gasteiger partial charge is 0.267 e. The summed E-state index contributed by atoms with van der Waals surface area (Å²) >= 11 is 0. The van der Waals surface area contributed by atoms with Gasteiger partial charge in [-0.2, -0.15) is 0 Å². The van der Waals surface area contributed by atoms with E-state index < -0.39 is 0 Å². The molecule has 1 aromatic carbocycles. The Hall–Kier alpha value is -1.81. The molecule has 2 aromatic rings. The molecular weight excluding hydrogens is 250 g/mol. The number of hydrogen-bond donors (Lipinski definition) is 3. The molecule has 0 radical (unpaired) electrons. The van der Waals surface area contributed by atoms with Gasteiger partial charge >= 0.3 is 0 Å². The van der Waals surface area contributed by atoms with Gasteiger partial charge in [-0.15, -0.1) is 0 Å². The predicted octanol–water partition coefficient (Wildman–Crippen LogP) is 2.27. The zero-order valence-electron chi connectivity index (χ0n) is 12.0. The van der Waals surface area contributed by atoms with Crippen LogP contribution in [0, 0.1) is 13.8 Å². The summed E-state index contributed by atoms with van der Waals surface area (Å²) < 4.78 is 0. The summed E-state index contributed by atoms with van der Waals surface area (Å²) in [7, 11) is 0. The van der Waals surface area contributed by atoms with E-state index in [1.807, 2.05) is 6.07 Å². The third-order valence-electron chi connectivity index (χ3n) is 3.97. The molecule has 20 heavy (non-hydrogen) atoms. The van der Waals surface area contributed by atoms with Crippen molar-refractivity contribution >= 4 is 16.8 Å². The maximum atomic E-state index is 12.3. The Kier molecular flexibility index (Phi) is 3.49. The summed E-state index contributed by atoms with van der Waals surface area (Å²) in [5.41, 5.74) is 4.10. The second-order valence-corrected chi connectivity index (χ2v) is 5.74. The molecule has 0 unspecified atom stereocenters. The van der Waals surface area contributed by atoms with E-state index in [1.165, 1.54) is 11.1 Å². The van der Waals surface area contributed by atoms with Crippen LogP contribution in [0.1, 0.15) is 34.5 Å². The first kappa shape index (κ1) is 13.2. The molecular formula is C16H21N3O. The van der Waals surface area contributed by atoms with Crippen LogP contribution in [0.3, 0.4) is 0 Å². The van der Waals surface area contributed by atoms with E-state index in [2.05, 4.69) is 41.6 Å². The molecule has 4 nitrogen and oxygen atoms in total. The Balaban J connectivity index is 1.82. The Morgan fingerprint density at radius 2 is 2.15 bits per heavy atom. The Morgan fingerprint density at radius 3 is 2.90 bits per heavy atom. The van der Waals surface area contributed by atoms with Crippen LogP contribution in [-0.2, 0) is 0 Å². The van der Waals surface area contributed by atoms with Gasteiger partial charge in [-0.25, -0.2) is 0 Å². The summed E-state index contributed by atoms with van der Waals surface area (Å²) in [5.74, 6) is -0.00745. The average Bonchev–Trinajstić information content (AvgIpc) is 2.84. The van der Waals surface area contributed by atoms with Crippen molar-refractivity contribution in [2.45, 2.75) is 32.7 Å². The van der Waals surface area contributed by atoms with Gasteiger partial charge in [0, 0.05) is 23.5 Å². The second kappa shape index (κ2) is 5.29. The minimum Gasteiger partial charge on any atom is -0.351 e. The topological polar surface area (TPSA) is 56.9 Å². The van der Waals surface area contributed by atoms with Crippen molar-refractivity contribution in [2.75, 3.05) is 13.1 Å².